The summed E-state index contributed by atoms with van der Waals surface area (Å²) in [6, 6.07) is 2.00. The number of anilines is 1. The minimum atomic E-state index is -0.392. The second kappa shape index (κ2) is 6.62. The van der Waals surface area contributed by atoms with Crippen LogP contribution in [0.1, 0.15) is 0 Å². The van der Waals surface area contributed by atoms with E-state index in [4.69, 9.17) is 4.74 Å². The molecule has 122 valence electrons. The fourth-order valence-electron chi connectivity index (χ4n) is 2.98. The largest absolute Gasteiger partial charge is 0.365 e. The number of thioether (sulfide) groups is 1. The van der Waals surface area contributed by atoms with Crippen molar-refractivity contribution in [3.63, 3.8) is 0 Å². The molecule has 2 aromatic heterocycles. The van der Waals surface area contributed by atoms with Gasteiger partial charge in [-0.15, -0.1) is 11.3 Å². The fourth-order valence-corrected chi connectivity index (χ4v) is 4.74. The van der Waals surface area contributed by atoms with Crippen LogP contribution in [0.5, 0.6) is 0 Å². The van der Waals surface area contributed by atoms with Gasteiger partial charge in [0.2, 0.25) is 0 Å². The quantitative estimate of drug-likeness (QED) is 0.818. The number of hydrogen-bond acceptors (Lipinski definition) is 7. The maximum Gasteiger partial charge on any atom is 0.253 e. The number of amides is 1. The van der Waals surface area contributed by atoms with Crippen LogP contribution >= 0.6 is 23.1 Å². The molecule has 8 heteroatoms. The van der Waals surface area contributed by atoms with Gasteiger partial charge in [0, 0.05) is 31.1 Å². The standard InChI is InChI=1S/C15H18N4O2S2/c20-15(18-3-7-22-8-4-18)12-9-19(2-5-21-12)14-13-11(1-6-23-13)16-10-17-14/h1,6,10,12H,2-5,7-9H2. The molecule has 0 spiro atoms. The van der Waals surface area contributed by atoms with Gasteiger partial charge in [0.1, 0.15) is 12.1 Å². The Kier molecular flexibility index (Phi) is 4.37. The lowest BCUT2D eigenvalue weighted by atomic mass is 10.2. The molecular formula is C15H18N4O2S2. The highest BCUT2D eigenvalue weighted by atomic mass is 32.2. The highest BCUT2D eigenvalue weighted by Gasteiger charge is 2.32. The van der Waals surface area contributed by atoms with Crippen molar-refractivity contribution in [2.75, 3.05) is 49.2 Å². The summed E-state index contributed by atoms with van der Waals surface area (Å²) in [6.45, 7) is 3.52. The van der Waals surface area contributed by atoms with Crippen molar-refractivity contribution < 1.29 is 9.53 Å². The zero-order chi connectivity index (χ0) is 15.6. The number of thiophene rings is 1. The van der Waals surface area contributed by atoms with E-state index in [9.17, 15) is 4.79 Å². The molecule has 0 N–H and O–H groups in total. The zero-order valence-electron chi connectivity index (χ0n) is 12.7. The van der Waals surface area contributed by atoms with Gasteiger partial charge in [-0.05, 0) is 11.4 Å². The van der Waals surface area contributed by atoms with Crippen molar-refractivity contribution in [1.29, 1.82) is 0 Å². The number of ether oxygens (including phenoxy) is 1. The Morgan fingerprint density at radius 2 is 2.13 bits per heavy atom. The second-order valence-electron chi connectivity index (χ2n) is 5.58. The van der Waals surface area contributed by atoms with Crippen molar-refractivity contribution in [2.24, 2.45) is 0 Å². The van der Waals surface area contributed by atoms with Crippen LogP contribution in [0.4, 0.5) is 5.82 Å². The molecule has 1 unspecified atom stereocenters. The Bertz CT molecular complexity index is 702. The van der Waals surface area contributed by atoms with E-state index in [-0.39, 0.29) is 5.91 Å². The molecule has 0 aromatic carbocycles. The lowest BCUT2D eigenvalue weighted by Gasteiger charge is -2.36. The van der Waals surface area contributed by atoms with Gasteiger partial charge in [0.25, 0.3) is 5.91 Å². The third-order valence-corrected chi connectivity index (χ3v) is 6.03. The first-order chi connectivity index (χ1) is 11.3. The van der Waals surface area contributed by atoms with Crippen molar-refractivity contribution in [3.05, 3.63) is 17.8 Å². The summed E-state index contributed by atoms with van der Waals surface area (Å²) in [5.41, 5.74) is 0.961. The molecule has 0 aliphatic carbocycles. The number of fused-ring (bicyclic) bond motifs is 1. The molecule has 4 heterocycles. The molecule has 0 bridgehead atoms. The summed E-state index contributed by atoms with van der Waals surface area (Å²) < 4.78 is 6.84. The van der Waals surface area contributed by atoms with Gasteiger partial charge in [-0.25, -0.2) is 9.97 Å². The van der Waals surface area contributed by atoms with Crippen molar-refractivity contribution in [2.45, 2.75) is 6.10 Å². The normalized spacial score (nSPS) is 22.5. The van der Waals surface area contributed by atoms with Crippen molar-refractivity contribution >= 4 is 45.0 Å². The third kappa shape index (κ3) is 3.02. The van der Waals surface area contributed by atoms with Gasteiger partial charge in [0.15, 0.2) is 6.10 Å². The van der Waals surface area contributed by atoms with Gasteiger partial charge in [-0.3, -0.25) is 4.79 Å². The Labute approximate surface area is 142 Å². The Hall–Kier alpha value is -1.38. The van der Waals surface area contributed by atoms with Gasteiger partial charge < -0.3 is 14.5 Å². The number of morpholine rings is 1. The molecule has 2 aliphatic heterocycles. The van der Waals surface area contributed by atoms with Crippen LogP contribution in [0, 0.1) is 0 Å². The zero-order valence-corrected chi connectivity index (χ0v) is 14.3. The smallest absolute Gasteiger partial charge is 0.253 e. The van der Waals surface area contributed by atoms with E-state index < -0.39 is 6.10 Å². The van der Waals surface area contributed by atoms with E-state index in [1.165, 1.54) is 0 Å². The lowest BCUT2D eigenvalue weighted by Crippen LogP contribution is -2.52. The lowest BCUT2D eigenvalue weighted by molar-refractivity contribution is -0.144. The summed E-state index contributed by atoms with van der Waals surface area (Å²) in [5, 5.41) is 2.03. The topological polar surface area (TPSA) is 58.6 Å². The fraction of sp³-hybridized carbons (Fsp3) is 0.533. The van der Waals surface area contributed by atoms with Crippen LogP contribution in [0.3, 0.4) is 0 Å². The highest BCUT2D eigenvalue weighted by Crippen LogP contribution is 2.29. The first-order valence-corrected chi connectivity index (χ1v) is 9.77. The summed E-state index contributed by atoms with van der Waals surface area (Å²) in [7, 11) is 0. The monoisotopic (exact) mass is 350 g/mol. The molecule has 2 fully saturated rings. The molecule has 6 nitrogen and oxygen atoms in total. The molecule has 23 heavy (non-hydrogen) atoms. The van der Waals surface area contributed by atoms with Crippen molar-refractivity contribution in [1.82, 2.24) is 14.9 Å². The summed E-state index contributed by atoms with van der Waals surface area (Å²) in [5.74, 6) is 3.07. The minimum Gasteiger partial charge on any atom is -0.365 e. The van der Waals surface area contributed by atoms with Crippen LogP contribution in [0.25, 0.3) is 10.2 Å². The van der Waals surface area contributed by atoms with Gasteiger partial charge >= 0.3 is 0 Å². The number of hydrogen-bond donors (Lipinski definition) is 0. The van der Waals surface area contributed by atoms with Crippen LogP contribution in [0.15, 0.2) is 17.8 Å². The van der Waals surface area contributed by atoms with Gasteiger partial charge in [-0.1, -0.05) is 0 Å². The van der Waals surface area contributed by atoms with E-state index in [2.05, 4.69) is 14.9 Å². The summed E-state index contributed by atoms with van der Waals surface area (Å²) in [6.07, 6.45) is 1.20. The van der Waals surface area contributed by atoms with Crippen LogP contribution in [0.2, 0.25) is 0 Å². The maximum atomic E-state index is 12.7. The predicted molar refractivity (Wildman–Crippen MR) is 93.3 cm³/mol. The molecule has 2 aliphatic rings. The Balaban J connectivity index is 1.52. The Morgan fingerprint density at radius 3 is 3.00 bits per heavy atom. The SMILES string of the molecule is O=C(C1CN(c2ncnc3ccsc23)CCO1)N1CCSCC1. The van der Waals surface area contributed by atoms with Gasteiger partial charge in [0.05, 0.1) is 23.4 Å². The number of rotatable bonds is 2. The van der Waals surface area contributed by atoms with Crippen LogP contribution in [-0.2, 0) is 9.53 Å². The molecule has 0 radical (unpaired) electrons. The van der Waals surface area contributed by atoms with Gasteiger partial charge in [-0.2, -0.15) is 11.8 Å². The van der Waals surface area contributed by atoms with E-state index in [1.54, 1.807) is 17.7 Å². The highest BCUT2D eigenvalue weighted by molar-refractivity contribution is 7.99. The number of carbonyl (C=O) groups is 1. The maximum absolute atomic E-state index is 12.7. The Morgan fingerprint density at radius 1 is 1.26 bits per heavy atom. The molecular weight excluding hydrogens is 332 g/mol. The average molecular weight is 350 g/mol. The van der Waals surface area contributed by atoms with Crippen LogP contribution < -0.4 is 4.90 Å². The second-order valence-corrected chi connectivity index (χ2v) is 7.72. The molecule has 4 rings (SSSR count). The van der Waals surface area contributed by atoms with Crippen molar-refractivity contribution in [3.8, 4) is 0 Å². The third-order valence-electron chi connectivity index (χ3n) is 4.19. The van der Waals surface area contributed by atoms with E-state index in [0.717, 1.165) is 47.2 Å². The number of carbonyl (C=O) groups excluding carboxylic acids is 1. The molecule has 1 atom stereocenters. The first-order valence-electron chi connectivity index (χ1n) is 7.74. The first kappa shape index (κ1) is 15.2. The minimum absolute atomic E-state index is 0.117. The number of nitrogens with zero attached hydrogens (tertiary/aromatic N) is 4. The van der Waals surface area contributed by atoms with Crippen LogP contribution in [-0.4, -0.2) is 71.2 Å². The van der Waals surface area contributed by atoms with E-state index >= 15 is 0 Å². The molecule has 0 saturated carbocycles. The van der Waals surface area contributed by atoms with E-state index in [0.29, 0.717) is 13.2 Å². The molecule has 1 amide bonds. The predicted octanol–water partition coefficient (Wildman–Crippen LogP) is 1.47. The average Bonchev–Trinajstić information content (AvgIpc) is 3.10. The summed E-state index contributed by atoms with van der Waals surface area (Å²) >= 11 is 3.54. The molecule has 2 saturated heterocycles. The van der Waals surface area contributed by atoms with E-state index in [1.807, 2.05) is 28.1 Å². The summed E-state index contributed by atoms with van der Waals surface area (Å²) in [4.78, 5) is 25.5. The molecule has 2 aromatic rings. The number of aromatic nitrogens is 2.